The number of nitrogens with one attached hydrogen (secondary N) is 2. The number of fused-ring (bicyclic) bond motifs is 2. The number of hydrogen-bond donors (Lipinski definition) is 2. The van der Waals surface area contributed by atoms with Crippen LogP contribution in [-0.4, -0.2) is 35.6 Å². The lowest BCUT2D eigenvalue weighted by Crippen LogP contribution is -2.23. The van der Waals surface area contributed by atoms with Crippen molar-refractivity contribution in [2.45, 2.75) is 38.1 Å². The summed E-state index contributed by atoms with van der Waals surface area (Å²) in [7, 11) is 0. The summed E-state index contributed by atoms with van der Waals surface area (Å²) in [5.74, 6) is 0.224. The second-order valence-electron chi connectivity index (χ2n) is 6.74. The van der Waals surface area contributed by atoms with Crippen LogP contribution in [0.2, 0.25) is 0 Å². The highest BCUT2D eigenvalue weighted by molar-refractivity contribution is 5.93. The van der Waals surface area contributed by atoms with Gasteiger partial charge in [0, 0.05) is 41.1 Å². The number of anilines is 1. The molecule has 4 aromatic heterocycles. The first kappa shape index (κ1) is 15.2. The minimum Gasteiger partial charge on any atom is -0.351 e. The molecule has 0 bridgehead atoms. The number of rotatable bonds is 3. The molecule has 0 aliphatic heterocycles. The van der Waals surface area contributed by atoms with Crippen LogP contribution in [0.1, 0.15) is 32.1 Å². The lowest BCUT2D eigenvalue weighted by Gasteiger charge is -2.22. The Labute approximate surface area is 148 Å². The molecule has 1 aliphatic rings. The fraction of sp³-hybridized carbons (Fsp3) is 0.333. The number of aromatic nitrogens is 6. The number of hydrogen-bond acceptors (Lipinski definition) is 5. The third-order valence-electron chi connectivity index (χ3n) is 5.01. The number of H-pyrrole nitrogens is 1. The number of halogens is 1. The summed E-state index contributed by atoms with van der Waals surface area (Å²) in [5, 5.41) is 8.30. The van der Waals surface area contributed by atoms with E-state index >= 15 is 0 Å². The Morgan fingerprint density at radius 1 is 1.19 bits per heavy atom. The highest BCUT2D eigenvalue weighted by Crippen LogP contribution is 2.29. The van der Waals surface area contributed by atoms with Crippen molar-refractivity contribution in [1.29, 1.82) is 0 Å². The van der Waals surface area contributed by atoms with Gasteiger partial charge >= 0.3 is 0 Å². The maximum atomic E-state index is 14.2. The topological polar surface area (TPSA) is 83.8 Å². The summed E-state index contributed by atoms with van der Waals surface area (Å²) in [5.41, 5.74) is 2.47. The van der Waals surface area contributed by atoms with Gasteiger partial charge in [0.15, 0.2) is 11.5 Å². The molecule has 0 amide bonds. The molecule has 0 atom stereocenters. The number of nitrogens with zero attached hydrogens (tertiary/aromatic N) is 5. The molecule has 0 saturated heterocycles. The summed E-state index contributed by atoms with van der Waals surface area (Å²) < 4.78 is 15.7. The van der Waals surface area contributed by atoms with Crippen LogP contribution in [0.4, 0.5) is 10.3 Å². The average molecular weight is 351 g/mol. The van der Waals surface area contributed by atoms with Crippen LogP contribution in [0.3, 0.4) is 0 Å². The Bertz CT molecular complexity index is 1080. The molecule has 5 rings (SSSR count). The summed E-state index contributed by atoms with van der Waals surface area (Å²) in [6, 6.07) is 1.90. The van der Waals surface area contributed by atoms with E-state index in [0.717, 1.165) is 29.4 Å². The smallest absolute Gasteiger partial charge is 0.224 e. The molecule has 1 saturated carbocycles. The van der Waals surface area contributed by atoms with Gasteiger partial charge in [-0.1, -0.05) is 19.3 Å². The van der Waals surface area contributed by atoms with Gasteiger partial charge in [0.25, 0.3) is 0 Å². The first-order valence-electron chi connectivity index (χ1n) is 8.88. The van der Waals surface area contributed by atoms with Gasteiger partial charge in [-0.15, -0.1) is 0 Å². The number of pyridine rings is 1. The Hall–Kier alpha value is -3.03. The molecule has 0 radical (unpaired) electrons. The summed E-state index contributed by atoms with van der Waals surface area (Å²) in [6.45, 7) is 0. The maximum Gasteiger partial charge on any atom is 0.224 e. The highest BCUT2D eigenvalue weighted by atomic mass is 19.1. The minimum absolute atomic E-state index is 0.212. The van der Waals surface area contributed by atoms with E-state index in [1.807, 2.05) is 6.20 Å². The fourth-order valence-electron chi connectivity index (χ4n) is 3.68. The molecule has 0 unspecified atom stereocenters. The Morgan fingerprint density at radius 2 is 2.08 bits per heavy atom. The van der Waals surface area contributed by atoms with Crippen molar-refractivity contribution < 1.29 is 4.39 Å². The van der Waals surface area contributed by atoms with Crippen molar-refractivity contribution in [2.24, 2.45) is 0 Å². The predicted octanol–water partition coefficient (Wildman–Crippen LogP) is 3.55. The summed E-state index contributed by atoms with van der Waals surface area (Å²) >= 11 is 0. The molecule has 4 heterocycles. The molecule has 8 heteroatoms. The van der Waals surface area contributed by atoms with E-state index in [4.69, 9.17) is 0 Å². The molecule has 4 aromatic rings. The van der Waals surface area contributed by atoms with Crippen molar-refractivity contribution >= 4 is 22.6 Å². The predicted molar refractivity (Wildman–Crippen MR) is 96.3 cm³/mol. The van der Waals surface area contributed by atoms with Gasteiger partial charge in [-0.25, -0.2) is 18.9 Å². The van der Waals surface area contributed by atoms with E-state index in [0.29, 0.717) is 17.6 Å². The molecule has 2 N–H and O–H groups in total. The molecule has 132 valence electrons. The van der Waals surface area contributed by atoms with Gasteiger partial charge in [0.2, 0.25) is 5.95 Å². The lowest BCUT2D eigenvalue weighted by molar-refractivity contribution is 0.461. The normalized spacial score (nSPS) is 15.7. The summed E-state index contributed by atoms with van der Waals surface area (Å²) in [4.78, 5) is 16.1. The Kier molecular flexibility index (Phi) is 3.55. The van der Waals surface area contributed by atoms with E-state index in [1.165, 1.54) is 36.2 Å². The first-order chi connectivity index (χ1) is 12.8. The standard InChI is InChI=1S/C18H18FN7/c19-15-6-11(9-26-17(15)22-10-23-26)13-7-20-16-14(13)8-21-18(25-16)24-12-4-2-1-3-5-12/h6-10,12H,1-5H2,(H2,20,21,24,25). The minimum atomic E-state index is -0.411. The van der Waals surface area contributed by atoms with Crippen LogP contribution in [0, 0.1) is 5.82 Å². The van der Waals surface area contributed by atoms with E-state index in [-0.39, 0.29) is 5.65 Å². The van der Waals surface area contributed by atoms with Gasteiger partial charge in [0.1, 0.15) is 12.0 Å². The zero-order valence-corrected chi connectivity index (χ0v) is 14.1. The SMILES string of the molecule is Fc1cc(-c2c[nH]c3nc(NC4CCCCC4)ncc23)cn2ncnc12. The molecule has 26 heavy (non-hydrogen) atoms. The maximum absolute atomic E-state index is 14.2. The van der Waals surface area contributed by atoms with Crippen molar-refractivity contribution in [2.75, 3.05) is 5.32 Å². The first-order valence-corrected chi connectivity index (χ1v) is 8.88. The molecule has 1 fully saturated rings. The van der Waals surface area contributed by atoms with E-state index in [2.05, 4.69) is 30.4 Å². The van der Waals surface area contributed by atoms with Gasteiger partial charge < -0.3 is 10.3 Å². The quantitative estimate of drug-likeness (QED) is 0.590. The Balaban J connectivity index is 1.50. The average Bonchev–Trinajstić information content (AvgIpc) is 3.29. The van der Waals surface area contributed by atoms with Crippen LogP contribution < -0.4 is 5.32 Å². The Morgan fingerprint density at radius 3 is 2.96 bits per heavy atom. The largest absolute Gasteiger partial charge is 0.351 e. The molecule has 0 spiro atoms. The van der Waals surface area contributed by atoms with E-state index in [9.17, 15) is 4.39 Å². The van der Waals surface area contributed by atoms with Crippen LogP contribution >= 0.6 is 0 Å². The third kappa shape index (κ3) is 2.58. The van der Waals surface area contributed by atoms with Crippen molar-refractivity contribution in [3.05, 3.63) is 36.8 Å². The van der Waals surface area contributed by atoms with Crippen LogP contribution in [0.15, 0.2) is 31.0 Å². The third-order valence-corrected chi connectivity index (χ3v) is 5.01. The molecular formula is C18H18FN7. The molecule has 0 aromatic carbocycles. The van der Waals surface area contributed by atoms with Gasteiger partial charge in [0.05, 0.1) is 0 Å². The molecule has 1 aliphatic carbocycles. The zero-order chi connectivity index (χ0) is 17.5. The van der Waals surface area contributed by atoms with Crippen molar-refractivity contribution in [1.82, 2.24) is 29.5 Å². The van der Waals surface area contributed by atoms with E-state index in [1.54, 1.807) is 12.4 Å². The molecule has 7 nitrogen and oxygen atoms in total. The second kappa shape index (κ2) is 6.05. The van der Waals surface area contributed by atoms with Crippen LogP contribution in [-0.2, 0) is 0 Å². The monoisotopic (exact) mass is 351 g/mol. The number of aromatic amines is 1. The van der Waals surface area contributed by atoms with Gasteiger partial charge in [-0.3, -0.25) is 0 Å². The summed E-state index contributed by atoms with van der Waals surface area (Å²) in [6.07, 6.45) is 12.8. The highest BCUT2D eigenvalue weighted by Gasteiger charge is 2.16. The lowest BCUT2D eigenvalue weighted by atomic mass is 9.96. The van der Waals surface area contributed by atoms with Gasteiger partial charge in [-0.05, 0) is 18.9 Å². The van der Waals surface area contributed by atoms with Gasteiger partial charge in [-0.2, -0.15) is 10.1 Å². The molecular weight excluding hydrogens is 333 g/mol. The van der Waals surface area contributed by atoms with Crippen molar-refractivity contribution in [3.63, 3.8) is 0 Å². The van der Waals surface area contributed by atoms with E-state index < -0.39 is 5.82 Å². The van der Waals surface area contributed by atoms with Crippen LogP contribution in [0.5, 0.6) is 0 Å². The van der Waals surface area contributed by atoms with Crippen LogP contribution in [0.25, 0.3) is 27.8 Å². The second-order valence-corrected chi connectivity index (χ2v) is 6.74. The van der Waals surface area contributed by atoms with Crippen molar-refractivity contribution in [3.8, 4) is 11.1 Å². The fourth-order valence-corrected chi connectivity index (χ4v) is 3.68. The zero-order valence-electron chi connectivity index (χ0n) is 14.1.